The lowest BCUT2D eigenvalue weighted by Gasteiger charge is -2.07. The molecule has 0 aromatic carbocycles. The van der Waals surface area contributed by atoms with Crippen molar-refractivity contribution < 1.29 is 29.3 Å². The summed E-state index contributed by atoms with van der Waals surface area (Å²) in [6, 6.07) is 0. The Kier molecular flexibility index (Phi) is 8.86. The van der Waals surface area contributed by atoms with E-state index in [2.05, 4.69) is 9.47 Å². The van der Waals surface area contributed by atoms with E-state index in [1.807, 2.05) is 0 Å². The molecule has 6 nitrogen and oxygen atoms in total. The van der Waals surface area contributed by atoms with Crippen LogP contribution in [0.1, 0.15) is 26.7 Å². The molecule has 0 aliphatic rings. The molecule has 0 radical (unpaired) electrons. The van der Waals surface area contributed by atoms with Crippen molar-refractivity contribution in [3.05, 3.63) is 12.2 Å². The largest absolute Gasteiger partial charge is 0.460 e. The fourth-order valence-corrected chi connectivity index (χ4v) is 0.825. The highest BCUT2D eigenvalue weighted by atomic mass is 16.5. The zero-order valence-electron chi connectivity index (χ0n) is 10.7. The number of hydrogen-bond acceptors (Lipinski definition) is 6. The second-order valence-electron chi connectivity index (χ2n) is 3.72. The highest BCUT2D eigenvalue weighted by Gasteiger charge is 2.06. The van der Waals surface area contributed by atoms with Crippen molar-refractivity contribution >= 4 is 11.9 Å². The lowest BCUT2D eigenvalue weighted by Crippen LogP contribution is -2.18. The quantitative estimate of drug-likeness (QED) is 0.477. The lowest BCUT2D eigenvalue weighted by molar-refractivity contribution is -0.143. The molecule has 0 saturated heterocycles. The first-order valence-electron chi connectivity index (χ1n) is 5.87. The maximum absolute atomic E-state index is 11.1. The van der Waals surface area contributed by atoms with Gasteiger partial charge in [0.15, 0.2) is 0 Å². The third kappa shape index (κ3) is 8.72. The molecule has 2 unspecified atom stereocenters. The van der Waals surface area contributed by atoms with E-state index < -0.39 is 24.1 Å². The molecule has 0 amide bonds. The third-order valence-corrected chi connectivity index (χ3v) is 2.13. The number of carbonyl (C=O) groups is 2. The van der Waals surface area contributed by atoms with Gasteiger partial charge in [-0.3, -0.25) is 0 Å². The highest BCUT2D eigenvalue weighted by molar-refractivity contribution is 5.91. The molecule has 0 rings (SSSR count). The average Bonchev–Trinajstić information content (AvgIpc) is 2.39. The van der Waals surface area contributed by atoms with Gasteiger partial charge >= 0.3 is 11.9 Å². The predicted octanol–water partition coefficient (Wildman–Crippen LogP) is 0.171. The Morgan fingerprint density at radius 1 is 0.944 bits per heavy atom. The van der Waals surface area contributed by atoms with Gasteiger partial charge in [-0.05, 0) is 12.8 Å². The molecule has 0 aromatic heterocycles. The van der Waals surface area contributed by atoms with Gasteiger partial charge in [-0.2, -0.15) is 0 Å². The Morgan fingerprint density at radius 3 is 1.56 bits per heavy atom. The van der Waals surface area contributed by atoms with Crippen molar-refractivity contribution in [2.45, 2.75) is 38.9 Å². The van der Waals surface area contributed by atoms with Gasteiger partial charge in [-0.25, -0.2) is 9.59 Å². The van der Waals surface area contributed by atoms with Gasteiger partial charge < -0.3 is 19.7 Å². The van der Waals surface area contributed by atoms with Crippen molar-refractivity contribution in [2.24, 2.45) is 0 Å². The predicted molar refractivity (Wildman–Crippen MR) is 63.7 cm³/mol. The van der Waals surface area contributed by atoms with Gasteiger partial charge in [0.2, 0.25) is 0 Å². The zero-order valence-corrected chi connectivity index (χ0v) is 10.7. The molecule has 0 aliphatic carbocycles. The number of aliphatic hydroxyl groups excluding tert-OH is 2. The third-order valence-electron chi connectivity index (χ3n) is 2.13. The summed E-state index contributed by atoms with van der Waals surface area (Å²) in [5.74, 6) is -1.45. The van der Waals surface area contributed by atoms with E-state index in [9.17, 15) is 9.59 Å². The van der Waals surface area contributed by atoms with E-state index in [4.69, 9.17) is 10.2 Å². The van der Waals surface area contributed by atoms with Gasteiger partial charge in [0.05, 0.1) is 12.2 Å². The number of aliphatic hydroxyl groups is 2. The van der Waals surface area contributed by atoms with Crippen LogP contribution in [0.15, 0.2) is 12.2 Å². The molecular formula is C12H20O6. The van der Waals surface area contributed by atoms with Crippen molar-refractivity contribution in [3.63, 3.8) is 0 Å². The van der Waals surface area contributed by atoms with Crippen LogP contribution in [0.4, 0.5) is 0 Å². The molecule has 2 atom stereocenters. The standard InChI is InChI=1S/C12H20O6/c1-3-9(13)7-17-11(15)5-6-12(16)18-8-10(14)4-2/h5-6,9-10,13-14H,3-4,7-8H2,1-2H3/b6-5+. The first-order chi connectivity index (χ1) is 8.49. The monoisotopic (exact) mass is 260 g/mol. The molecule has 0 saturated carbocycles. The van der Waals surface area contributed by atoms with E-state index in [1.165, 1.54) is 0 Å². The summed E-state index contributed by atoms with van der Waals surface area (Å²) in [6.45, 7) is 3.29. The summed E-state index contributed by atoms with van der Waals surface area (Å²) in [5, 5.41) is 18.3. The smallest absolute Gasteiger partial charge is 0.331 e. The first-order valence-corrected chi connectivity index (χ1v) is 5.87. The van der Waals surface area contributed by atoms with Gasteiger partial charge in [0.1, 0.15) is 13.2 Å². The molecule has 104 valence electrons. The molecule has 0 heterocycles. The van der Waals surface area contributed by atoms with Crippen molar-refractivity contribution in [1.29, 1.82) is 0 Å². The molecule has 18 heavy (non-hydrogen) atoms. The van der Waals surface area contributed by atoms with Crippen LogP contribution in [-0.4, -0.2) is 47.6 Å². The minimum atomic E-state index is -0.726. The van der Waals surface area contributed by atoms with Crippen LogP contribution in [0.5, 0.6) is 0 Å². The lowest BCUT2D eigenvalue weighted by atomic mass is 10.3. The zero-order chi connectivity index (χ0) is 14.0. The molecule has 0 aromatic rings. The van der Waals surface area contributed by atoms with Crippen molar-refractivity contribution in [3.8, 4) is 0 Å². The second-order valence-corrected chi connectivity index (χ2v) is 3.72. The van der Waals surface area contributed by atoms with Crippen molar-refractivity contribution in [2.75, 3.05) is 13.2 Å². The van der Waals surface area contributed by atoms with Crippen LogP contribution < -0.4 is 0 Å². The Hall–Kier alpha value is -1.40. The molecular weight excluding hydrogens is 240 g/mol. The summed E-state index contributed by atoms with van der Waals surface area (Å²) in [6.07, 6.45) is 1.40. The van der Waals surface area contributed by atoms with E-state index in [-0.39, 0.29) is 13.2 Å². The molecule has 2 N–H and O–H groups in total. The summed E-state index contributed by atoms with van der Waals surface area (Å²) in [4.78, 5) is 22.2. The maximum Gasteiger partial charge on any atom is 0.331 e. The maximum atomic E-state index is 11.1. The highest BCUT2D eigenvalue weighted by Crippen LogP contribution is 1.94. The van der Waals surface area contributed by atoms with E-state index in [0.717, 1.165) is 12.2 Å². The summed E-state index contributed by atoms with van der Waals surface area (Å²) >= 11 is 0. The molecule has 0 bridgehead atoms. The van der Waals surface area contributed by atoms with E-state index in [1.54, 1.807) is 13.8 Å². The van der Waals surface area contributed by atoms with Gasteiger partial charge in [-0.1, -0.05) is 13.8 Å². The molecule has 6 heteroatoms. The summed E-state index contributed by atoms with van der Waals surface area (Å²) < 4.78 is 9.32. The minimum absolute atomic E-state index is 0.108. The van der Waals surface area contributed by atoms with E-state index in [0.29, 0.717) is 12.8 Å². The van der Waals surface area contributed by atoms with Gasteiger partial charge in [0, 0.05) is 12.2 Å². The Morgan fingerprint density at radius 2 is 1.28 bits per heavy atom. The van der Waals surface area contributed by atoms with Crippen LogP contribution >= 0.6 is 0 Å². The number of ether oxygens (including phenoxy) is 2. The molecule has 0 spiro atoms. The normalized spacial score (nSPS) is 14.2. The number of hydrogen-bond donors (Lipinski definition) is 2. The Balaban J connectivity index is 3.85. The summed E-state index contributed by atoms with van der Waals surface area (Å²) in [5.41, 5.74) is 0. The van der Waals surface area contributed by atoms with Crippen LogP contribution in [0.25, 0.3) is 0 Å². The van der Waals surface area contributed by atoms with Crippen LogP contribution in [0.2, 0.25) is 0 Å². The SMILES string of the molecule is CCC(O)COC(=O)/C=C/C(=O)OCC(O)CC. The Bertz CT molecular complexity index is 258. The van der Waals surface area contributed by atoms with Gasteiger partial charge in [-0.15, -0.1) is 0 Å². The number of rotatable bonds is 8. The van der Waals surface area contributed by atoms with Crippen LogP contribution in [-0.2, 0) is 19.1 Å². The van der Waals surface area contributed by atoms with E-state index >= 15 is 0 Å². The second kappa shape index (κ2) is 9.61. The topological polar surface area (TPSA) is 93.1 Å². The van der Waals surface area contributed by atoms with Crippen LogP contribution in [0.3, 0.4) is 0 Å². The minimum Gasteiger partial charge on any atom is -0.460 e. The number of carbonyl (C=O) groups excluding carboxylic acids is 2. The summed E-state index contributed by atoms with van der Waals surface area (Å²) in [7, 11) is 0. The van der Waals surface area contributed by atoms with Gasteiger partial charge in [0.25, 0.3) is 0 Å². The molecule has 0 fully saturated rings. The molecule has 0 aliphatic heterocycles. The van der Waals surface area contributed by atoms with Crippen molar-refractivity contribution in [1.82, 2.24) is 0 Å². The fourth-order valence-electron chi connectivity index (χ4n) is 0.825. The van der Waals surface area contributed by atoms with Crippen LogP contribution in [0, 0.1) is 0 Å². The Labute approximate surface area is 106 Å². The fraction of sp³-hybridized carbons (Fsp3) is 0.667. The first kappa shape index (κ1) is 16.6. The average molecular weight is 260 g/mol. The number of esters is 2.